The number of rotatable bonds is 10. The zero-order valence-corrected chi connectivity index (χ0v) is 16.6. The number of carbonyl (C=O) groups excluding carboxylic acids is 2. The quantitative estimate of drug-likeness (QED) is 0.593. The number of anilines is 1. The normalized spacial score (nSPS) is 10.4. The molecule has 0 spiro atoms. The van der Waals surface area contributed by atoms with Crippen molar-refractivity contribution < 1.29 is 14.0 Å². The first kappa shape index (κ1) is 21.7. The van der Waals surface area contributed by atoms with Gasteiger partial charge in [0, 0.05) is 38.8 Å². The van der Waals surface area contributed by atoms with Crippen LogP contribution in [0.1, 0.15) is 29.6 Å². The van der Waals surface area contributed by atoms with E-state index in [1.807, 2.05) is 25.2 Å². The first-order chi connectivity index (χ1) is 13.5. The third-order valence-corrected chi connectivity index (χ3v) is 4.57. The Bertz CT molecular complexity index is 786. The first-order valence-corrected chi connectivity index (χ1v) is 9.61. The Kier molecular flexibility index (Phi) is 8.75. The van der Waals surface area contributed by atoms with Gasteiger partial charge in [-0.2, -0.15) is 0 Å². The zero-order valence-electron chi connectivity index (χ0n) is 15.9. The molecule has 2 amide bonds. The molecule has 0 fully saturated rings. The van der Waals surface area contributed by atoms with Crippen molar-refractivity contribution in [1.29, 1.82) is 0 Å². The van der Waals surface area contributed by atoms with Gasteiger partial charge in [-0.1, -0.05) is 29.8 Å². The molecule has 2 N–H and O–H groups in total. The minimum atomic E-state index is -0.504. The SMILES string of the molecule is CN(CCCCNC(=O)CCNC(=O)c1ccc(F)cc1Cl)c1ccccc1. The molecule has 2 aromatic carbocycles. The molecule has 0 aromatic heterocycles. The van der Waals surface area contributed by atoms with Crippen LogP contribution in [-0.2, 0) is 4.79 Å². The van der Waals surface area contributed by atoms with Crippen LogP contribution in [-0.4, -0.2) is 38.5 Å². The molecule has 150 valence electrons. The number of nitrogens with one attached hydrogen (secondary N) is 2. The van der Waals surface area contributed by atoms with E-state index in [0.717, 1.165) is 25.5 Å². The molecule has 2 aromatic rings. The van der Waals surface area contributed by atoms with Crippen LogP contribution in [0.5, 0.6) is 0 Å². The fourth-order valence-corrected chi connectivity index (χ4v) is 2.91. The van der Waals surface area contributed by atoms with Crippen LogP contribution < -0.4 is 15.5 Å². The topological polar surface area (TPSA) is 61.4 Å². The molecule has 0 radical (unpaired) electrons. The summed E-state index contributed by atoms with van der Waals surface area (Å²) in [7, 11) is 2.05. The third kappa shape index (κ3) is 7.19. The Morgan fingerprint density at radius 2 is 1.79 bits per heavy atom. The Labute approximate surface area is 169 Å². The summed E-state index contributed by atoms with van der Waals surface area (Å²) in [5.74, 6) is -1.06. The van der Waals surface area contributed by atoms with Gasteiger partial charge < -0.3 is 15.5 Å². The van der Waals surface area contributed by atoms with Crippen LogP contribution in [0.2, 0.25) is 5.02 Å². The van der Waals surface area contributed by atoms with Crippen LogP contribution in [0, 0.1) is 5.82 Å². The van der Waals surface area contributed by atoms with Crippen molar-refractivity contribution >= 4 is 29.1 Å². The van der Waals surface area contributed by atoms with Crippen molar-refractivity contribution in [3.8, 4) is 0 Å². The molecule has 28 heavy (non-hydrogen) atoms. The van der Waals surface area contributed by atoms with Gasteiger partial charge in [-0.15, -0.1) is 0 Å². The van der Waals surface area contributed by atoms with Gasteiger partial charge in [0.15, 0.2) is 0 Å². The van der Waals surface area contributed by atoms with Crippen molar-refractivity contribution in [3.05, 3.63) is 64.9 Å². The third-order valence-electron chi connectivity index (χ3n) is 4.25. The molecular weight excluding hydrogens is 381 g/mol. The van der Waals surface area contributed by atoms with Crippen molar-refractivity contribution in [1.82, 2.24) is 10.6 Å². The van der Waals surface area contributed by atoms with E-state index in [1.165, 1.54) is 17.8 Å². The first-order valence-electron chi connectivity index (χ1n) is 9.23. The zero-order chi connectivity index (χ0) is 20.4. The van der Waals surface area contributed by atoms with Crippen LogP contribution >= 0.6 is 11.6 Å². The van der Waals surface area contributed by atoms with E-state index in [2.05, 4.69) is 27.7 Å². The number of halogens is 2. The summed E-state index contributed by atoms with van der Waals surface area (Å²) < 4.78 is 13.0. The lowest BCUT2D eigenvalue weighted by atomic mass is 10.2. The Hall–Kier alpha value is -2.60. The number of para-hydroxylation sites is 1. The number of carbonyl (C=O) groups is 2. The summed E-state index contributed by atoms with van der Waals surface area (Å²) >= 11 is 5.84. The number of hydrogen-bond donors (Lipinski definition) is 2. The van der Waals surface area contributed by atoms with E-state index < -0.39 is 11.7 Å². The molecule has 0 bridgehead atoms. The molecule has 0 aliphatic rings. The molecule has 2 rings (SSSR count). The summed E-state index contributed by atoms with van der Waals surface area (Å²) in [4.78, 5) is 26.0. The molecule has 0 saturated carbocycles. The van der Waals surface area contributed by atoms with Gasteiger partial charge in [0.05, 0.1) is 10.6 Å². The summed E-state index contributed by atoms with van der Waals surface area (Å²) in [6.07, 6.45) is 2.01. The van der Waals surface area contributed by atoms with Gasteiger partial charge in [0.1, 0.15) is 5.82 Å². The Morgan fingerprint density at radius 1 is 1.04 bits per heavy atom. The number of unbranched alkanes of at least 4 members (excludes halogenated alkanes) is 1. The standard InChI is InChI=1S/C21H25ClFN3O2/c1-26(17-7-3-2-4-8-17)14-6-5-12-24-20(27)11-13-25-21(28)18-10-9-16(23)15-19(18)22/h2-4,7-10,15H,5-6,11-14H2,1H3,(H,24,27)(H,25,28). The van der Waals surface area contributed by atoms with Crippen molar-refractivity contribution in [3.63, 3.8) is 0 Å². The lowest BCUT2D eigenvalue weighted by molar-refractivity contribution is -0.120. The lowest BCUT2D eigenvalue weighted by Crippen LogP contribution is -2.31. The summed E-state index contributed by atoms with van der Waals surface area (Å²) in [5.41, 5.74) is 1.36. The molecule has 0 unspecified atom stereocenters. The highest BCUT2D eigenvalue weighted by atomic mass is 35.5. The molecule has 0 aliphatic heterocycles. The van der Waals surface area contributed by atoms with Crippen LogP contribution in [0.25, 0.3) is 0 Å². The van der Waals surface area contributed by atoms with Gasteiger partial charge in [0.2, 0.25) is 5.91 Å². The smallest absolute Gasteiger partial charge is 0.252 e. The molecule has 0 aliphatic carbocycles. The average Bonchev–Trinajstić information content (AvgIpc) is 2.68. The molecule has 7 heteroatoms. The fraction of sp³-hybridized carbons (Fsp3) is 0.333. The van der Waals surface area contributed by atoms with Crippen molar-refractivity contribution in [2.24, 2.45) is 0 Å². The second-order valence-corrected chi connectivity index (χ2v) is 6.85. The maximum absolute atomic E-state index is 13.0. The summed E-state index contributed by atoms with van der Waals surface area (Å²) in [6.45, 7) is 1.70. The molecule has 0 atom stereocenters. The van der Waals surface area contributed by atoms with Crippen LogP contribution in [0.3, 0.4) is 0 Å². The highest BCUT2D eigenvalue weighted by molar-refractivity contribution is 6.33. The maximum atomic E-state index is 13.0. The monoisotopic (exact) mass is 405 g/mol. The van der Waals surface area contributed by atoms with E-state index in [1.54, 1.807) is 0 Å². The number of nitrogens with zero attached hydrogens (tertiary/aromatic N) is 1. The maximum Gasteiger partial charge on any atom is 0.252 e. The largest absolute Gasteiger partial charge is 0.375 e. The molecular formula is C21H25ClFN3O2. The summed E-state index contributed by atoms with van der Waals surface area (Å²) in [6, 6.07) is 13.7. The highest BCUT2D eigenvalue weighted by Crippen LogP contribution is 2.17. The Morgan fingerprint density at radius 3 is 2.50 bits per heavy atom. The second kappa shape index (κ2) is 11.3. The average molecular weight is 406 g/mol. The van der Waals surface area contributed by atoms with E-state index in [0.29, 0.717) is 6.54 Å². The van der Waals surface area contributed by atoms with Crippen molar-refractivity contribution in [2.45, 2.75) is 19.3 Å². The molecule has 0 heterocycles. The van der Waals surface area contributed by atoms with Gasteiger partial charge >= 0.3 is 0 Å². The van der Waals surface area contributed by atoms with E-state index in [-0.39, 0.29) is 29.5 Å². The lowest BCUT2D eigenvalue weighted by Gasteiger charge is -2.19. The Balaban J connectivity index is 1.57. The second-order valence-electron chi connectivity index (χ2n) is 6.44. The molecule has 5 nitrogen and oxygen atoms in total. The van der Waals surface area contributed by atoms with Crippen LogP contribution in [0.15, 0.2) is 48.5 Å². The summed E-state index contributed by atoms with van der Waals surface area (Å²) in [5, 5.41) is 5.50. The van der Waals surface area contributed by atoms with Gasteiger partial charge in [0.25, 0.3) is 5.91 Å². The van der Waals surface area contributed by atoms with Gasteiger partial charge in [-0.3, -0.25) is 9.59 Å². The predicted molar refractivity (Wildman–Crippen MR) is 110 cm³/mol. The minimum absolute atomic E-state index is 0.0439. The van der Waals surface area contributed by atoms with Gasteiger partial charge in [-0.05, 0) is 43.2 Å². The van der Waals surface area contributed by atoms with E-state index >= 15 is 0 Å². The molecule has 0 saturated heterocycles. The number of benzene rings is 2. The van der Waals surface area contributed by atoms with E-state index in [4.69, 9.17) is 11.6 Å². The predicted octanol–water partition coefficient (Wildman–Crippen LogP) is 3.63. The fourth-order valence-electron chi connectivity index (χ4n) is 2.66. The minimum Gasteiger partial charge on any atom is -0.375 e. The number of hydrogen-bond acceptors (Lipinski definition) is 3. The highest BCUT2D eigenvalue weighted by Gasteiger charge is 2.11. The van der Waals surface area contributed by atoms with Crippen molar-refractivity contribution in [2.75, 3.05) is 31.6 Å². The van der Waals surface area contributed by atoms with E-state index in [9.17, 15) is 14.0 Å². The van der Waals surface area contributed by atoms with Gasteiger partial charge in [-0.25, -0.2) is 4.39 Å². The van der Waals surface area contributed by atoms with Crippen LogP contribution in [0.4, 0.5) is 10.1 Å². The number of amides is 2.